The van der Waals surface area contributed by atoms with Crippen LogP contribution in [0.1, 0.15) is 21.5 Å². The highest BCUT2D eigenvalue weighted by atomic mass is 32.2. The molecule has 3 aromatic rings. The lowest BCUT2D eigenvalue weighted by Crippen LogP contribution is -2.28. The molecule has 3 rings (SSSR count). The van der Waals surface area contributed by atoms with E-state index in [2.05, 4.69) is 10.0 Å². The van der Waals surface area contributed by atoms with Gasteiger partial charge in [-0.1, -0.05) is 48.5 Å². The molecule has 0 aliphatic heterocycles. The van der Waals surface area contributed by atoms with Crippen molar-refractivity contribution in [2.24, 2.45) is 0 Å². The number of carbonyl (C=O) groups is 2. The standard InChI is InChI=1S/C23H22N2O5S/c1-17-7-5-11-20(13-17)25-31(28,29)21-12-6-10-19(14-21)23(27)30-16-22(26)24-15-18-8-3-2-4-9-18/h2-14,25H,15-16H2,1H3,(H,24,26). The Kier molecular flexibility index (Phi) is 7.04. The van der Waals surface area contributed by atoms with Crippen LogP contribution in [0.3, 0.4) is 0 Å². The fraction of sp³-hybridized carbons (Fsp3) is 0.130. The molecule has 0 aromatic heterocycles. The number of anilines is 1. The Hall–Kier alpha value is -3.65. The van der Waals surface area contributed by atoms with Gasteiger partial charge in [0.15, 0.2) is 6.61 Å². The molecule has 0 aliphatic carbocycles. The van der Waals surface area contributed by atoms with E-state index in [0.717, 1.165) is 11.1 Å². The van der Waals surface area contributed by atoms with Crippen molar-refractivity contribution in [2.75, 3.05) is 11.3 Å². The summed E-state index contributed by atoms with van der Waals surface area (Å²) >= 11 is 0. The third kappa shape index (κ3) is 6.42. The number of hydrogen-bond donors (Lipinski definition) is 2. The van der Waals surface area contributed by atoms with E-state index in [0.29, 0.717) is 12.2 Å². The summed E-state index contributed by atoms with van der Waals surface area (Å²) in [5, 5.41) is 2.65. The molecule has 31 heavy (non-hydrogen) atoms. The van der Waals surface area contributed by atoms with Gasteiger partial charge in [-0.15, -0.1) is 0 Å². The van der Waals surface area contributed by atoms with Gasteiger partial charge in [-0.25, -0.2) is 13.2 Å². The van der Waals surface area contributed by atoms with E-state index >= 15 is 0 Å². The van der Waals surface area contributed by atoms with E-state index in [4.69, 9.17) is 4.74 Å². The number of carbonyl (C=O) groups excluding carboxylic acids is 2. The second kappa shape index (κ2) is 9.90. The van der Waals surface area contributed by atoms with Crippen molar-refractivity contribution in [3.8, 4) is 0 Å². The van der Waals surface area contributed by atoms with Crippen LogP contribution in [-0.2, 0) is 26.1 Å². The molecule has 0 radical (unpaired) electrons. The quantitative estimate of drug-likeness (QED) is 0.526. The number of hydrogen-bond acceptors (Lipinski definition) is 5. The molecule has 0 fully saturated rings. The van der Waals surface area contributed by atoms with Crippen molar-refractivity contribution in [3.63, 3.8) is 0 Å². The Morgan fingerprint density at radius 2 is 1.65 bits per heavy atom. The minimum Gasteiger partial charge on any atom is -0.452 e. The van der Waals surface area contributed by atoms with Gasteiger partial charge in [0.05, 0.1) is 10.5 Å². The van der Waals surface area contributed by atoms with Crippen molar-refractivity contribution in [3.05, 3.63) is 95.6 Å². The summed E-state index contributed by atoms with van der Waals surface area (Å²) in [5.41, 5.74) is 2.27. The fourth-order valence-electron chi connectivity index (χ4n) is 2.77. The highest BCUT2D eigenvalue weighted by Gasteiger charge is 2.18. The fourth-order valence-corrected chi connectivity index (χ4v) is 3.87. The van der Waals surface area contributed by atoms with E-state index in [1.54, 1.807) is 18.2 Å². The third-order valence-corrected chi connectivity index (χ3v) is 5.70. The van der Waals surface area contributed by atoms with Crippen LogP contribution < -0.4 is 10.0 Å². The van der Waals surface area contributed by atoms with Gasteiger partial charge in [0.2, 0.25) is 0 Å². The van der Waals surface area contributed by atoms with Gasteiger partial charge in [0, 0.05) is 12.2 Å². The number of sulfonamides is 1. The first-order valence-electron chi connectivity index (χ1n) is 9.51. The minimum absolute atomic E-state index is 0.0305. The Morgan fingerprint density at radius 1 is 0.903 bits per heavy atom. The second-order valence-electron chi connectivity index (χ2n) is 6.84. The average Bonchev–Trinajstić information content (AvgIpc) is 2.76. The molecule has 0 aliphatic rings. The van der Waals surface area contributed by atoms with E-state index < -0.39 is 28.5 Å². The number of nitrogens with one attached hydrogen (secondary N) is 2. The predicted molar refractivity (Wildman–Crippen MR) is 117 cm³/mol. The monoisotopic (exact) mass is 438 g/mol. The molecule has 3 aromatic carbocycles. The maximum Gasteiger partial charge on any atom is 0.338 e. The van der Waals surface area contributed by atoms with Crippen LogP contribution in [0.2, 0.25) is 0 Å². The smallest absolute Gasteiger partial charge is 0.338 e. The van der Waals surface area contributed by atoms with Crippen LogP contribution in [0.25, 0.3) is 0 Å². The molecule has 0 atom stereocenters. The summed E-state index contributed by atoms with van der Waals surface area (Å²) in [6, 6.07) is 21.7. The van der Waals surface area contributed by atoms with Crippen LogP contribution >= 0.6 is 0 Å². The number of amides is 1. The Labute approximate surface area is 181 Å². The summed E-state index contributed by atoms with van der Waals surface area (Å²) in [4.78, 5) is 24.1. The number of aryl methyl sites for hydroxylation is 1. The van der Waals surface area contributed by atoms with Crippen molar-refractivity contribution in [1.82, 2.24) is 5.32 Å². The molecule has 0 saturated heterocycles. The van der Waals surface area contributed by atoms with Crippen LogP contribution in [0, 0.1) is 6.92 Å². The lowest BCUT2D eigenvalue weighted by molar-refractivity contribution is -0.124. The SMILES string of the molecule is Cc1cccc(NS(=O)(=O)c2cccc(C(=O)OCC(=O)NCc3ccccc3)c2)c1. The first kappa shape index (κ1) is 22.0. The summed E-state index contributed by atoms with van der Waals surface area (Å²) in [5.74, 6) is -1.25. The number of rotatable bonds is 8. The first-order chi connectivity index (χ1) is 14.8. The molecular weight excluding hydrogens is 416 g/mol. The zero-order valence-corrected chi connectivity index (χ0v) is 17.7. The van der Waals surface area contributed by atoms with Crippen molar-refractivity contribution < 1.29 is 22.7 Å². The molecule has 0 bridgehead atoms. The summed E-state index contributed by atoms with van der Waals surface area (Å²) in [7, 11) is -3.89. The number of benzene rings is 3. The van der Waals surface area contributed by atoms with Crippen molar-refractivity contribution >= 4 is 27.6 Å². The van der Waals surface area contributed by atoms with E-state index in [9.17, 15) is 18.0 Å². The zero-order valence-electron chi connectivity index (χ0n) is 16.9. The normalized spacial score (nSPS) is 10.9. The van der Waals surface area contributed by atoms with Gasteiger partial charge < -0.3 is 10.1 Å². The maximum absolute atomic E-state index is 12.6. The molecule has 0 heterocycles. The Bertz CT molecular complexity index is 1180. The third-order valence-electron chi connectivity index (χ3n) is 4.32. The molecule has 0 unspecified atom stereocenters. The maximum atomic E-state index is 12.6. The lowest BCUT2D eigenvalue weighted by Gasteiger charge is -2.10. The van der Waals surface area contributed by atoms with Crippen LogP contribution in [0.5, 0.6) is 0 Å². The molecule has 8 heteroatoms. The average molecular weight is 439 g/mol. The highest BCUT2D eigenvalue weighted by Crippen LogP contribution is 2.18. The Balaban J connectivity index is 1.59. The second-order valence-corrected chi connectivity index (χ2v) is 8.52. The Morgan fingerprint density at radius 3 is 2.39 bits per heavy atom. The molecule has 0 saturated carbocycles. The summed E-state index contributed by atoms with van der Waals surface area (Å²) in [6.07, 6.45) is 0. The van der Waals surface area contributed by atoms with E-state index in [1.165, 1.54) is 24.3 Å². The van der Waals surface area contributed by atoms with Gasteiger partial charge in [0.25, 0.3) is 15.9 Å². The van der Waals surface area contributed by atoms with Crippen LogP contribution in [0.4, 0.5) is 5.69 Å². The topological polar surface area (TPSA) is 102 Å². The van der Waals surface area contributed by atoms with Crippen molar-refractivity contribution in [2.45, 2.75) is 18.4 Å². The molecule has 0 spiro atoms. The van der Waals surface area contributed by atoms with Crippen molar-refractivity contribution in [1.29, 1.82) is 0 Å². The van der Waals surface area contributed by atoms with Gasteiger partial charge in [0.1, 0.15) is 0 Å². The van der Waals surface area contributed by atoms with E-state index in [1.807, 2.05) is 43.3 Å². The van der Waals surface area contributed by atoms with Crippen LogP contribution in [0.15, 0.2) is 83.8 Å². The van der Waals surface area contributed by atoms with Gasteiger partial charge in [-0.2, -0.15) is 0 Å². The number of ether oxygens (including phenoxy) is 1. The summed E-state index contributed by atoms with van der Waals surface area (Å²) < 4.78 is 32.8. The molecule has 2 N–H and O–H groups in total. The summed E-state index contributed by atoms with van der Waals surface area (Å²) in [6.45, 7) is 1.70. The van der Waals surface area contributed by atoms with Gasteiger partial charge in [-0.05, 0) is 48.4 Å². The zero-order chi connectivity index (χ0) is 22.3. The molecular formula is C23H22N2O5S. The van der Waals surface area contributed by atoms with E-state index in [-0.39, 0.29) is 10.5 Å². The highest BCUT2D eigenvalue weighted by molar-refractivity contribution is 7.92. The first-order valence-corrected chi connectivity index (χ1v) is 11.0. The van der Waals surface area contributed by atoms with Gasteiger partial charge >= 0.3 is 5.97 Å². The predicted octanol–water partition coefficient (Wildman–Crippen LogP) is 3.27. The lowest BCUT2D eigenvalue weighted by atomic mass is 10.2. The molecule has 1 amide bonds. The largest absolute Gasteiger partial charge is 0.452 e. The van der Waals surface area contributed by atoms with Gasteiger partial charge in [-0.3, -0.25) is 9.52 Å². The minimum atomic E-state index is -3.89. The van der Waals surface area contributed by atoms with Crippen LogP contribution in [-0.4, -0.2) is 26.9 Å². The number of esters is 1. The molecule has 160 valence electrons. The molecule has 7 nitrogen and oxygen atoms in total.